The first-order valence-corrected chi connectivity index (χ1v) is 5.58. The summed E-state index contributed by atoms with van der Waals surface area (Å²) in [5.41, 5.74) is 1.17. The van der Waals surface area contributed by atoms with Crippen LogP contribution < -0.4 is 10.2 Å². The molecule has 0 aromatic carbocycles. The maximum atomic E-state index is 5.13. The lowest BCUT2D eigenvalue weighted by Gasteiger charge is -2.28. The molecule has 0 aliphatic rings. The molecule has 1 aromatic heterocycles. The third-order valence-electron chi connectivity index (χ3n) is 2.49. The van der Waals surface area contributed by atoms with Crippen molar-refractivity contribution in [1.29, 1.82) is 0 Å². The molecule has 0 spiro atoms. The van der Waals surface area contributed by atoms with E-state index in [0.29, 0.717) is 6.04 Å². The monoisotopic (exact) mass is 223 g/mol. The van der Waals surface area contributed by atoms with E-state index in [2.05, 4.69) is 35.1 Å². The van der Waals surface area contributed by atoms with Crippen LogP contribution in [0.2, 0.25) is 0 Å². The van der Waals surface area contributed by atoms with Gasteiger partial charge in [-0.3, -0.25) is 0 Å². The highest BCUT2D eigenvalue weighted by Gasteiger charge is 2.10. The number of anilines is 2. The van der Waals surface area contributed by atoms with Gasteiger partial charge in [-0.2, -0.15) is 0 Å². The number of methoxy groups -OCH3 is 1. The molecule has 0 saturated heterocycles. The zero-order valence-electron chi connectivity index (χ0n) is 10.5. The fourth-order valence-corrected chi connectivity index (χ4v) is 1.61. The first kappa shape index (κ1) is 12.8. The van der Waals surface area contributed by atoms with E-state index >= 15 is 0 Å². The average molecular weight is 223 g/mol. The highest BCUT2D eigenvalue weighted by Crippen LogP contribution is 2.19. The van der Waals surface area contributed by atoms with E-state index < -0.39 is 0 Å². The average Bonchev–Trinajstić information content (AvgIpc) is 2.29. The minimum absolute atomic E-state index is 0.447. The number of nitrogens with zero attached hydrogens (tertiary/aromatic N) is 2. The molecule has 0 aliphatic carbocycles. The summed E-state index contributed by atoms with van der Waals surface area (Å²) in [7, 11) is 3.60. The lowest BCUT2D eigenvalue weighted by atomic mass is 10.2. The van der Waals surface area contributed by atoms with Gasteiger partial charge in [-0.1, -0.05) is 0 Å². The normalized spacial score (nSPS) is 10.6. The lowest BCUT2D eigenvalue weighted by molar-refractivity contribution is 0.204. The van der Waals surface area contributed by atoms with Crippen LogP contribution in [0.4, 0.5) is 11.5 Å². The standard InChI is InChI=1S/C12H21N3O/c1-10(2)15(7-8-16-4)11-5-6-14-12(9-11)13-3/h5-6,9-10H,7-8H2,1-4H3,(H,13,14). The van der Waals surface area contributed by atoms with Gasteiger partial charge < -0.3 is 15.0 Å². The number of ether oxygens (including phenoxy) is 1. The molecule has 0 unspecified atom stereocenters. The molecule has 4 heteroatoms. The molecule has 4 nitrogen and oxygen atoms in total. The first-order valence-electron chi connectivity index (χ1n) is 5.58. The number of pyridine rings is 1. The largest absolute Gasteiger partial charge is 0.383 e. The van der Waals surface area contributed by atoms with Crippen LogP contribution in [-0.4, -0.2) is 38.3 Å². The van der Waals surface area contributed by atoms with Crippen molar-refractivity contribution in [2.75, 3.05) is 37.5 Å². The van der Waals surface area contributed by atoms with Crippen LogP contribution in [-0.2, 0) is 4.74 Å². The van der Waals surface area contributed by atoms with E-state index in [4.69, 9.17) is 4.74 Å². The van der Waals surface area contributed by atoms with Gasteiger partial charge in [0, 0.05) is 44.7 Å². The van der Waals surface area contributed by atoms with Gasteiger partial charge in [0.2, 0.25) is 0 Å². The second kappa shape index (κ2) is 6.33. The maximum absolute atomic E-state index is 5.13. The van der Waals surface area contributed by atoms with E-state index in [9.17, 15) is 0 Å². The number of rotatable bonds is 6. The smallest absolute Gasteiger partial charge is 0.127 e. The molecular formula is C12H21N3O. The third-order valence-corrected chi connectivity index (χ3v) is 2.49. The van der Waals surface area contributed by atoms with Crippen molar-refractivity contribution in [3.63, 3.8) is 0 Å². The summed E-state index contributed by atoms with van der Waals surface area (Å²) in [5.74, 6) is 0.889. The van der Waals surface area contributed by atoms with Crippen LogP contribution in [0.1, 0.15) is 13.8 Å². The molecule has 0 fully saturated rings. The highest BCUT2D eigenvalue weighted by molar-refractivity contribution is 5.54. The summed E-state index contributed by atoms with van der Waals surface area (Å²) < 4.78 is 5.13. The van der Waals surface area contributed by atoms with Crippen molar-refractivity contribution < 1.29 is 4.74 Å². The summed E-state index contributed by atoms with van der Waals surface area (Å²) in [6.45, 7) is 5.97. The van der Waals surface area contributed by atoms with Crippen molar-refractivity contribution in [2.45, 2.75) is 19.9 Å². The lowest BCUT2D eigenvalue weighted by Crippen LogP contribution is -2.33. The molecule has 0 radical (unpaired) electrons. The van der Waals surface area contributed by atoms with Crippen LogP contribution in [0.3, 0.4) is 0 Å². The molecular weight excluding hydrogens is 202 g/mol. The van der Waals surface area contributed by atoms with Gasteiger partial charge in [0.1, 0.15) is 5.82 Å². The Morgan fingerprint density at radius 1 is 1.50 bits per heavy atom. The zero-order chi connectivity index (χ0) is 12.0. The van der Waals surface area contributed by atoms with Crippen molar-refractivity contribution in [2.24, 2.45) is 0 Å². The van der Waals surface area contributed by atoms with E-state index in [1.165, 1.54) is 5.69 Å². The molecule has 0 bridgehead atoms. The predicted octanol–water partition coefficient (Wildman–Crippen LogP) is 1.98. The molecule has 0 amide bonds. The Kier molecular flexibility index (Phi) is 5.05. The van der Waals surface area contributed by atoms with Gasteiger partial charge in [0.25, 0.3) is 0 Å². The van der Waals surface area contributed by atoms with E-state index in [1.807, 2.05) is 19.3 Å². The van der Waals surface area contributed by atoms with Crippen molar-refractivity contribution in [1.82, 2.24) is 4.98 Å². The summed E-state index contributed by atoms with van der Waals surface area (Å²) >= 11 is 0. The summed E-state index contributed by atoms with van der Waals surface area (Å²) in [6.07, 6.45) is 1.82. The van der Waals surface area contributed by atoms with Crippen molar-refractivity contribution in [3.05, 3.63) is 18.3 Å². The Morgan fingerprint density at radius 3 is 2.81 bits per heavy atom. The van der Waals surface area contributed by atoms with Crippen molar-refractivity contribution in [3.8, 4) is 0 Å². The summed E-state index contributed by atoms with van der Waals surface area (Å²) in [5, 5.41) is 3.05. The van der Waals surface area contributed by atoms with Crippen LogP contribution in [0.15, 0.2) is 18.3 Å². The molecule has 0 atom stereocenters. The maximum Gasteiger partial charge on any atom is 0.127 e. The second-order valence-corrected chi connectivity index (χ2v) is 3.93. The summed E-state index contributed by atoms with van der Waals surface area (Å²) in [6, 6.07) is 4.52. The minimum atomic E-state index is 0.447. The SMILES string of the molecule is CNc1cc(N(CCOC)C(C)C)ccn1. The number of hydrogen-bond donors (Lipinski definition) is 1. The van der Waals surface area contributed by atoms with Crippen LogP contribution >= 0.6 is 0 Å². The highest BCUT2D eigenvalue weighted by atomic mass is 16.5. The molecule has 16 heavy (non-hydrogen) atoms. The van der Waals surface area contributed by atoms with Crippen LogP contribution in [0, 0.1) is 0 Å². The van der Waals surface area contributed by atoms with Crippen LogP contribution in [0.25, 0.3) is 0 Å². The van der Waals surface area contributed by atoms with E-state index in [-0.39, 0.29) is 0 Å². The van der Waals surface area contributed by atoms with E-state index in [0.717, 1.165) is 19.0 Å². The second-order valence-electron chi connectivity index (χ2n) is 3.93. The Hall–Kier alpha value is -1.29. The van der Waals surface area contributed by atoms with Gasteiger partial charge in [-0.05, 0) is 19.9 Å². The molecule has 0 aliphatic heterocycles. The van der Waals surface area contributed by atoms with Crippen LogP contribution in [0.5, 0.6) is 0 Å². The van der Waals surface area contributed by atoms with E-state index in [1.54, 1.807) is 7.11 Å². The Labute approximate surface area is 97.6 Å². The first-order chi connectivity index (χ1) is 7.69. The fraction of sp³-hybridized carbons (Fsp3) is 0.583. The molecule has 90 valence electrons. The molecule has 1 N–H and O–H groups in total. The quantitative estimate of drug-likeness (QED) is 0.800. The fourth-order valence-electron chi connectivity index (χ4n) is 1.61. The van der Waals surface area contributed by atoms with Gasteiger partial charge in [0.05, 0.1) is 6.61 Å². The zero-order valence-corrected chi connectivity index (χ0v) is 10.5. The number of aromatic nitrogens is 1. The van der Waals surface area contributed by atoms with Gasteiger partial charge >= 0.3 is 0 Å². The Balaban J connectivity index is 2.82. The number of nitrogens with one attached hydrogen (secondary N) is 1. The number of hydrogen-bond acceptors (Lipinski definition) is 4. The predicted molar refractivity (Wildman–Crippen MR) is 68.1 cm³/mol. The minimum Gasteiger partial charge on any atom is -0.383 e. The molecule has 1 heterocycles. The molecule has 1 aromatic rings. The van der Waals surface area contributed by atoms with Gasteiger partial charge in [0.15, 0.2) is 0 Å². The summed E-state index contributed by atoms with van der Waals surface area (Å²) in [4.78, 5) is 6.51. The Bertz CT molecular complexity index is 315. The van der Waals surface area contributed by atoms with Gasteiger partial charge in [-0.25, -0.2) is 4.98 Å². The topological polar surface area (TPSA) is 37.4 Å². The van der Waals surface area contributed by atoms with Crippen molar-refractivity contribution >= 4 is 11.5 Å². The van der Waals surface area contributed by atoms with Gasteiger partial charge in [-0.15, -0.1) is 0 Å². The Morgan fingerprint density at radius 2 is 2.25 bits per heavy atom. The molecule has 0 saturated carbocycles. The third kappa shape index (κ3) is 3.38. The molecule has 1 rings (SSSR count).